The van der Waals surface area contributed by atoms with Crippen LogP contribution in [0.25, 0.3) is 0 Å². The molecule has 1 heterocycles. The van der Waals surface area contributed by atoms with Crippen molar-refractivity contribution in [3.63, 3.8) is 0 Å². The van der Waals surface area contributed by atoms with Crippen molar-refractivity contribution in [3.05, 3.63) is 35.4 Å². The summed E-state index contributed by atoms with van der Waals surface area (Å²) in [5.74, 6) is 0. The van der Waals surface area contributed by atoms with E-state index in [0.29, 0.717) is 5.41 Å². The standard InChI is InChI=1S/C16H20N2O/c1-15-9-16(10-15,11-15)17-14(19)18-7-6-12-4-2-3-5-13(12)8-18/h2-5H,6-11H2,1H3,(H,17,19). The molecule has 0 saturated heterocycles. The van der Waals surface area contributed by atoms with Crippen molar-refractivity contribution in [1.29, 1.82) is 0 Å². The van der Waals surface area contributed by atoms with Crippen LogP contribution in [0.3, 0.4) is 0 Å². The van der Waals surface area contributed by atoms with Gasteiger partial charge in [-0.2, -0.15) is 0 Å². The summed E-state index contributed by atoms with van der Waals surface area (Å²) in [5.41, 5.74) is 3.39. The smallest absolute Gasteiger partial charge is 0.318 e. The number of hydrogen-bond acceptors (Lipinski definition) is 1. The summed E-state index contributed by atoms with van der Waals surface area (Å²) in [4.78, 5) is 14.3. The predicted molar refractivity (Wildman–Crippen MR) is 73.8 cm³/mol. The quantitative estimate of drug-likeness (QED) is 0.823. The van der Waals surface area contributed by atoms with Crippen LogP contribution in [-0.4, -0.2) is 23.0 Å². The van der Waals surface area contributed by atoms with Gasteiger partial charge in [-0.05, 0) is 42.2 Å². The summed E-state index contributed by atoms with van der Waals surface area (Å²) < 4.78 is 0. The molecule has 0 atom stereocenters. The summed E-state index contributed by atoms with van der Waals surface area (Å²) in [6.07, 6.45) is 4.51. The molecule has 19 heavy (non-hydrogen) atoms. The van der Waals surface area contributed by atoms with E-state index in [1.54, 1.807) is 0 Å². The lowest BCUT2D eigenvalue weighted by Crippen LogP contribution is -2.74. The SMILES string of the molecule is CC12CC(NC(=O)N3CCc4ccccc4C3)(C1)C2. The van der Waals surface area contributed by atoms with E-state index in [9.17, 15) is 4.79 Å². The maximum Gasteiger partial charge on any atom is 0.318 e. The minimum atomic E-state index is 0.135. The summed E-state index contributed by atoms with van der Waals surface area (Å²) in [5, 5.41) is 3.27. The van der Waals surface area contributed by atoms with Crippen molar-refractivity contribution in [1.82, 2.24) is 10.2 Å². The summed E-state index contributed by atoms with van der Waals surface area (Å²) in [7, 11) is 0. The van der Waals surface area contributed by atoms with E-state index in [-0.39, 0.29) is 11.6 Å². The minimum absolute atomic E-state index is 0.135. The van der Waals surface area contributed by atoms with Gasteiger partial charge in [0.25, 0.3) is 0 Å². The fourth-order valence-corrected chi connectivity index (χ4v) is 4.40. The molecular weight excluding hydrogens is 236 g/mol. The van der Waals surface area contributed by atoms with E-state index in [2.05, 4.69) is 36.5 Å². The van der Waals surface area contributed by atoms with Gasteiger partial charge in [0, 0.05) is 18.6 Å². The van der Waals surface area contributed by atoms with E-state index in [1.807, 2.05) is 4.90 Å². The number of urea groups is 1. The molecule has 1 aromatic carbocycles. The molecule has 3 aliphatic carbocycles. The summed E-state index contributed by atoms with van der Waals surface area (Å²) >= 11 is 0. The topological polar surface area (TPSA) is 32.3 Å². The Morgan fingerprint density at radius 3 is 2.58 bits per heavy atom. The molecule has 1 aliphatic heterocycles. The summed E-state index contributed by atoms with van der Waals surface area (Å²) in [6, 6.07) is 8.58. The van der Waals surface area contributed by atoms with Crippen molar-refractivity contribution in [3.8, 4) is 0 Å². The zero-order valence-corrected chi connectivity index (χ0v) is 11.4. The van der Waals surface area contributed by atoms with Crippen molar-refractivity contribution in [2.45, 2.75) is 44.7 Å². The van der Waals surface area contributed by atoms with E-state index in [4.69, 9.17) is 0 Å². The third kappa shape index (κ3) is 1.67. The lowest BCUT2D eigenvalue weighted by molar-refractivity contribution is -0.133. The molecule has 0 radical (unpaired) electrons. The van der Waals surface area contributed by atoms with Gasteiger partial charge in [0.1, 0.15) is 0 Å². The highest BCUT2D eigenvalue weighted by molar-refractivity contribution is 5.76. The number of nitrogens with zero attached hydrogens (tertiary/aromatic N) is 1. The fraction of sp³-hybridized carbons (Fsp3) is 0.562. The minimum Gasteiger partial charge on any atom is -0.332 e. The van der Waals surface area contributed by atoms with Crippen LogP contribution < -0.4 is 5.32 Å². The molecule has 3 fully saturated rings. The molecule has 3 nitrogen and oxygen atoms in total. The Labute approximate surface area is 114 Å². The Morgan fingerprint density at radius 2 is 1.89 bits per heavy atom. The maximum atomic E-state index is 12.4. The molecule has 2 amide bonds. The van der Waals surface area contributed by atoms with Gasteiger partial charge in [0.05, 0.1) is 0 Å². The molecule has 1 aromatic rings. The Morgan fingerprint density at radius 1 is 1.21 bits per heavy atom. The van der Waals surface area contributed by atoms with Crippen LogP contribution in [0.4, 0.5) is 4.79 Å². The molecule has 0 unspecified atom stereocenters. The predicted octanol–water partition coefficient (Wildman–Crippen LogP) is 2.70. The number of amides is 2. The van der Waals surface area contributed by atoms with Crippen LogP contribution in [-0.2, 0) is 13.0 Å². The number of nitrogens with one attached hydrogen (secondary N) is 1. The first-order chi connectivity index (χ1) is 9.08. The highest BCUT2D eigenvalue weighted by Gasteiger charge is 2.65. The van der Waals surface area contributed by atoms with Crippen molar-refractivity contribution in [2.75, 3.05) is 6.54 Å². The largest absolute Gasteiger partial charge is 0.332 e. The number of carbonyl (C=O) groups is 1. The third-order valence-electron chi connectivity index (χ3n) is 5.09. The van der Waals surface area contributed by atoms with E-state index in [1.165, 1.54) is 30.4 Å². The molecular formula is C16H20N2O. The molecule has 0 aromatic heterocycles. The monoisotopic (exact) mass is 256 g/mol. The van der Waals surface area contributed by atoms with Crippen molar-refractivity contribution >= 4 is 6.03 Å². The molecule has 100 valence electrons. The molecule has 4 aliphatic rings. The lowest BCUT2D eigenvalue weighted by Gasteiger charge is -2.69. The van der Waals surface area contributed by atoms with Gasteiger partial charge in [-0.3, -0.25) is 0 Å². The fourth-order valence-electron chi connectivity index (χ4n) is 4.40. The number of benzene rings is 1. The van der Waals surface area contributed by atoms with E-state index >= 15 is 0 Å². The first-order valence-corrected chi connectivity index (χ1v) is 7.22. The van der Waals surface area contributed by atoms with Gasteiger partial charge < -0.3 is 10.2 Å². The second kappa shape index (κ2) is 3.53. The van der Waals surface area contributed by atoms with Crippen LogP contribution in [0.15, 0.2) is 24.3 Å². The Kier molecular flexibility index (Phi) is 2.10. The van der Waals surface area contributed by atoms with Crippen LogP contribution >= 0.6 is 0 Å². The zero-order valence-electron chi connectivity index (χ0n) is 11.4. The Balaban J connectivity index is 1.42. The van der Waals surface area contributed by atoms with Gasteiger partial charge in [0.15, 0.2) is 0 Å². The first-order valence-electron chi connectivity index (χ1n) is 7.22. The highest BCUT2D eigenvalue weighted by Crippen LogP contribution is 2.66. The molecule has 3 heteroatoms. The van der Waals surface area contributed by atoms with Crippen molar-refractivity contribution < 1.29 is 4.79 Å². The van der Waals surface area contributed by atoms with Gasteiger partial charge in [-0.25, -0.2) is 4.79 Å². The highest BCUT2D eigenvalue weighted by atomic mass is 16.2. The number of hydrogen-bond donors (Lipinski definition) is 1. The zero-order chi connectivity index (χ0) is 13.1. The second-order valence-corrected chi connectivity index (χ2v) is 6.99. The molecule has 0 spiro atoms. The number of fused-ring (bicyclic) bond motifs is 1. The first kappa shape index (κ1) is 11.3. The molecule has 3 saturated carbocycles. The third-order valence-corrected chi connectivity index (χ3v) is 5.09. The Bertz CT molecular complexity index is 532. The average molecular weight is 256 g/mol. The van der Waals surface area contributed by atoms with Crippen LogP contribution in [0.5, 0.6) is 0 Å². The van der Waals surface area contributed by atoms with Crippen LogP contribution in [0, 0.1) is 5.41 Å². The van der Waals surface area contributed by atoms with E-state index in [0.717, 1.165) is 19.5 Å². The van der Waals surface area contributed by atoms with Gasteiger partial charge in [-0.1, -0.05) is 31.2 Å². The maximum absolute atomic E-state index is 12.4. The van der Waals surface area contributed by atoms with Crippen LogP contribution in [0.1, 0.15) is 37.3 Å². The number of carbonyl (C=O) groups excluding carboxylic acids is 1. The Hall–Kier alpha value is -1.51. The van der Waals surface area contributed by atoms with E-state index < -0.39 is 0 Å². The molecule has 2 bridgehead atoms. The second-order valence-electron chi connectivity index (χ2n) is 6.99. The number of rotatable bonds is 1. The average Bonchev–Trinajstić information content (AvgIpc) is 2.35. The van der Waals surface area contributed by atoms with Gasteiger partial charge >= 0.3 is 6.03 Å². The van der Waals surface area contributed by atoms with Gasteiger partial charge in [0.2, 0.25) is 0 Å². The van der Waals surface area contributed by atoms with Crippen molar-refractivity contribution in [2.24, 2.45) is 5.41 Å². The molecule has 5 rings (SSSR count). The lowest BCUT2D eigenvalue weighted by atomic mass is 9.40. The summed E-state index contributed by atoms with van der Waals surface area (Å²) in [6.45, 7) is 3.92. The normalized spacial score (nSPS) is 34.9. The molecule has 1 N–H and O–H groups in total. The van der Waals surface area contributed by atoms with Gasteiger partial charge in [-0.15, -0.1) is 0 Å². The van der Waals surface area contributed by atoms with Crippen LogP contribution in [0.2, 0.25) is 0 Å².